The Morgan fingerprint density at radius 3 is 2.20 bits per heavy atom. The highest BCUT2D eigenvalue weighted by atomic mass is 32.1. The standard InChI is InChI=1S/C21H15NOS2/c1-2-4-19-17(3-1)18-11-16(5-6-20(18)23-19)22-21(14-7-9-24-12-14)15-8-10-25-13-15/h1-13,21-22H. The molecule has 122 valence electrons. The van der Waals surface area contributed by atoms with Gasteiger partial charge in [0.25, 0.3) is 0 Å². The normalized spacial score (nSPS) is 11.6. The third-order valence-corrected chi connectivity index (χ3v) is 5.84. The van der Waals surface area contributed by atoms with E-state index in [1.54, 1.807) is 22.7 Å². The fourth-order valence-electron chi connectivity index (χ4n) is 3.22. The van der Waals surface area contributed by atoms with Gasteiger partial charge >= 0.3 is 0 Å². The van der Waals surface area contributed by atoms with E-state index in [1.165, 1.54) is 11.1 Å². The number of fused-ring (bicyclic) bond motifs is 3. The molecule has 0 radical (unpaired) electrons. The first kappa shape index (κ1) is 14.8. The van der Waals surface area contributed by atoms with Crippen molar-refractivity contribution in [3.63, 3.8) is 0 Å². The minimum Gasteiger partial charge on any atom is -0.456 e. The van der Waals surface area contributed by atoms with E-state index < -0.39 is 0 Å². The second-order valence-electron chi connectivity index (χ2n) is 6.00. The Bertz CT molecular complexity index is 1090. The first-order valence-corrected chi connectivity index (χ1v) is 9.99. The molecule has 5 rings (SSSR count). The molecular formula is C21H15NOS2. The van der Waals surface area contributed by atoms with Crippen LogP contribution in [-0.2, 0) is 0 Å². The number of rotatable bonds is 4. The van der Waals surface area contributed by atoms with Crippen molar-refractivity contribution in [1.82, 2.24) is 0 Å². The molecule has 2 nitrogen and oxygen atoms in total. The summed E-state index contributed by atoms with van der Waals surface area (Å²) in [4.78, 5) is 0. The van der Waals surface area contributed by atoms with Crippen LogP contribution in [0.25, 0.3) is 21.9 Å². The first-order valence-electron chi connectivity index (χ1n) is 8.10. The van der Waals surface area contributed by atoms with Crippen LogP contribution < -0.4 is 5.32 Å². The van der Waals surface area contributed by atoms with E-state index in [2.05, 4.69) is 69.3 Å². The van der Waals surface area contributed by atoms with Crippen LogP contribution in [0.3, 0.4) is 0 Å². The Balaban J connectivity index is 1.59. The topological polar surface area (TPSA) is 25.2 Å². The molecule has 2 aromatic carbocycles. The molecule has 0 saturated carbocycles. The Morgan fingerprint density at radius 2 is 1.48 bits per heavy atom. The largest absolute Gasteiger partial charge is 0.456 e. The average molecular weight is 361 g/mol. The van der Waals surface area contributed by atoms with Crippen molar-refractivity contribution in [2.45, 2.75) is 6.04 Å². The van der Waals surface area contributed by atoms with E-state index in [9.17, 15) is 0 Å². The second kappa shape index (κ2) is 6.06. The molecule has 0 aliphatic carbocycles. The summed E-state index contributed by atoms with van der Waals surface area (Å²) in [7, 11) is 0. The zero-order valence-electron chi connectivity index (χ0n) is 13.3. The quantitative estimate of drug-likeness (QED) is 0.376. The van der Waals surface area contributed by atoms with Crippen molar-refractivity contribution in [2.75, 3.05) is 5.32 Å². The minimum atomic E-state index is 0.160. The molecule has 0 aliphatic rings. The van der Waals surface area contributed by atoms with Crippen LogP contribution >= 0.6 is 22.7 Å². The second-order valence-corrected chi connectivity index (χ2v) is 7.56. The fraction of sp³-hybridized carbons (Fsp3) is 0.0476. The molecule has 3 aromatic heterocycles. The van der Waals surface area contributed by atoms with Gasteiger partial charge < -0.3 is 9.73 Å². The molecular weight excluding hydrogens is 346 g/mol. The van der Waals surface area contributed by atoms with Crippen LogP contribution in [0.2, 0.25) is 0 Å². The molecule has 0 saturated heterocycles. The molecule has 0 spiro atoms. The van der Waals surface area contributed by atoms with Gasteiger partial charge in [0, 0.05) is 16.5 Å². The number of furan rings is 1. The van der Waals surface area contributed by atoms with Gasteiger partial charge in [0.15, 0.2) is 0 Å². The van der Waals surface area contributed by atoms with Crippen molar-refractivity contribution in [3.05, 3.63) is 87.2 Å². The van der Waals surface area contributed by atoms with Crippen molar-refractivity contribution < 1.29 is 4.42 Å². The van der Waals surface area contributed by atoms with E-state index in [1.807, 2.05) is 12.1 Å². The Labute approximate surface area is 153 Å². The molecule has 1 N–H and O–H groups in total. The maximum Gasteiger partial charge on any atom is 0.135 e. The zero-order valence-corrected chi connectivity index (χ0v) is 14.9. The molecule has 0 atom stereocenters. The van der Waals surface area contributed by atoms with Gasteiger partial charge in [-0.25, -0.2) is 0 Å². The van der Waals surface area contributed by atoms with E-state index in [4.69, 9.17) is 4.42 Å². The van der Waals surface area contributed by atoms with Crippen molar-refractivity contribution in [2.24, 2.45) is 0 Å². The highest BCUT2D eigenvalue weighted by molar-refractivity contribution is 7.08. The summed E-state index contributed by atoms with van der Waals surface area (Å²) in [6.45, 7) is 0. The van der Waals surface area contributed by atoms with Crippen LogP contribution in [-0.4, -0.2) is 0 Å². The molecule has 3 heterocycles. The molecule has 25 heavy (non-hydrogen) atoms. The summed E-state index contributed by atoms with van der Waals surface area (Å²) in [6, 6.07) is 19.1. The lowest BCUT2D eigenvalue weighted by Crippen LogP contribution is -2.10. The molecule has 5 aromatic rings. The van der Waals surface area contributed by atoms with E-state index in [-0.39, 0.29) is 6.04 Å². The number of benzene rings is 2. The van der Waals surface area contributed by atoms with Crippen LogP contribution in [0.15, 0.2) is 80.5 Å². The third kappa shape index (κ3) is 2.64. The number of thiophene rings is 2. The SMILES string of the molecule is c1ccc2c(c1)oc1ccc(NC(c3ccsc3)c3ccsc3)cc12. The maximum atomic E-state index is 5.93. The van der Waals surface area contributed by atoms with Crippen molar-refractivity contribution in [1.29, 1.82) is 0 Å². The smallest absolute Gasteiger partial charge is 0.135 e. The van der Waals surface area contributed by atoms with E-state index >= 15 is 0 Å². The lowest BCUT2D eigenvalue weighted by Gasteiger charge is -2.18. The summed E-state index contributed by atoms with van der Waals surface area (Å²) < 4.78 is 5.93. The molecule has 0 unspecified atom stereocenters. The zero-order chi connectivity index (χ0) is 16.6. The third-order valence-electron chi connectivity index (χ3n) is 4.44. The van der Waals surface area contributed by atoms with Gasteiger partial charge in [0.2, 0.25) is 0 Å². The van der Waals surface area contributed by atoms with Crippen LogP contribution in [0.4, 0.5) is 5.69 Å². The highest BCUT2D eigenvalue weighted by Gasteiger charge is 2.16. The van der Waals surface area contributed by atoms with Gasteiger partial charge in [-0.3, -0.25) is 0 Å². The summed E-state index contributed by atoms with van der Waals surface area (Å²) in [5.41, 5.74) is 5.54. The van der Waals surface area contributed by atoms with Gasteiger partial charge in [-0.1, -0.05) is 18.2 Å². The number of nitrogens with one attached hydrogen (secondary N) is 1. The average Bonchev–Trinajstić information content (AvgIpc) is 3.39. The minimum absolute atomic E-state index is 0.160. The first-order chi connectivity index (χ1) is 12.4. The van der Waals surface area contributed by atoms with Crippen LogP contribution in [0.5, 0.6) is 0 Å². The van der Waals surface area contributed by atoms with Crippen molar-refractivity contribution in [3.8, 4) is 0 Å². The lowest BCUT2D eigenvalue weighted by molar-refractivity contribution is 0.669. The number of hydrogen-bond acceptors (Lipinski definition) is 4. The van der Waals surface area contributed by atoms with Gasteiger partial charge in [-0.05, 0) is 69.0 Å². The summed E-state index contributed by atoms with van der Waals surface area (Å²) in [6.07, 6.45) is 0. The van der Waals surface area contributed by atoms with Gasteiger partial charge in [0.1, 0.15) is 11.2 Å². The summed E-state index contributed by atoms with van der Waals surface area (Å²) in [5.74, 6) is 0. The monoisotopic (exact) mass is 361 g/mol. The number of hydrogen-bond donors (Lipinski definition) is 1. The van der Waals surface area contributed by atoms with Gasteiger partial charge in [0.05, 0.1) is 6.04 Å². The van der Waals surface area contributed by atoms with Crippen LogP contribution in [0.1, 0.15) is 17.2 Å². The predicted octanol–water partition coefficient (Wildman–Crippen LogP) is 6.91. The molecule has 0 bridgehead atoms. The van der Waals surface area contributed by atoms with E-state index in [0.29, 0.717) is 0 Å². The lowest BCUT2D eigenvalue weighted by atomic mass is 10.0. The Morgan fingerprint density at radius 1 is 0.760 bits per heavy atom. The molecule has 0 aliphatic heterocycles. The van der Waals surface area contributed by atoms with Gasteiger partial charge in [-0.15, -0.1) is 0 Å². The van der Waals surface area contributed by atoms with Crippen LogP contribution in [0, 0.1) is 0 Å². The molecule has 4 heteroatoms. The Hall–Kier alpha value is -2.56. The summed E-state index contributed by atoms with van der Waals surface area (Å²) >= 11 is 3.46. The van der Waals surface area contributed by atoms with E-state index in [0.717, 1.165) is 27.6 Å². The maximum absolute atomic E-state index is 5.93. The summed E-state index contributed by atoms with van der Waals surface area (Å²) in [5, 5.41) is 14.7. The number of anilines is 1. The number of para-hydroxylation sites is 1. The predicted molar refractivity (Wildman–Crippen MR) is 108 cm³/mol. The fourth-order valence-corrected chi connectivity index (χ4v) is 4.59. The highest BCUT2D eigenvalue weighted by Crippen LogP contribution is 2.34. The van der Waals surface area contributed by atoms with Crippen molar-refractivity contribution >= 4 is 50.3 Å². The van der Waals surface area contributed by atoms with Gasteiger partial charge in [-0.2, -0.15) is 22.7 Å². The molecule has 0 amide bonds. The Kier molecular flexibility index (Phi) is 3.58. The molecule has 0 fully saturated rings.